The Balaban J connectivity index is 1.54. The molecule has 0 unspecified atom stereocenters. The maximum Gasteiger partial charge on any atom is 0.244 e. The molecule has 2 heterocycles. The van der Waals surface area contributed by atoms with Gasteiger partial charge in [-0.3, -0.25) is 14.4 Å². The van der Waals surface area contributed by atoms with Gasteiger partial charge in [0, 0.05) is 60.9 Å². The summed E-state index contributed by atoms with van der Waals surface area (Å²) in [4.78, 5) is 43.3. The number of nitrogens with one attached hydrogen (secondary N) is 5. The summed E-state index contributed by atoms with van der Waals surface area (Å²) in [6.45, 7) is 2.79. The third kappa shape index (κ3) is 5.23. The number of aromatic amines is 2. The van der Waals surface area contributed by atoms with Crippen LogP contribution in [-0.2, 0) is 27.2 Å². The summed E-state index contributed by atoms with van der Waals surface area (Å²) in [5.74, 6) is -0.926. The molecule has 33 heavy (non-hydrogen) atoms. The molecule has 8 nitrogen and oxygen atoms in total. The molecule has 2 aromatic heterocycles. The van der Waals surface area contributed by atoms with E-state index < -0.39 is 12.2 Å². The van der Waals surface area contributed by atoms with E-state index in [4.69, 9.17) is 0 Å². The van der Waals surface area contributed by atoms with E-state index in [2.05, 4.69) is 25.9 Å². The van der Waals surface area contributed by atoms with E-state index in [1.165, 1.54) is 13.8 Å². The number of aromatic nitrogens is 2. The van der Waals surface area contributed by atoms with Crippen molar-refractivity contribution < 1.29 is 14.4 Å². The first-order chi connectivity index (χ1) is 15.9. The van der Waals surface area contributed by atoms with Gasteiger partial charge >= 0.3 is 0 Å². The molecule has 170 valence electrons. The third-order valence-corrected chi connectivity index (χ3v) is 5.59. The zero-order valence-corrected chi connectivity index (χ0v) is 18.6. The highest BCUT2D eigenvalue weighted by molar-refractivity contribution is 5.90. The molecular formula is C25H27N5O3. The van der Waals surface area contributed by atoms with Crippen molar-refractivity contribution in [2.45, 2.75) is 38.9 Å². The van der Waals surface area contributed by atoms with Crippen molar-refractivity contribution in [2.24, 2.45) is 0 Å². The van der Waals surface area contributed by atoms with Gasteiger partial charge in [0.15, 0.2) is 0 Å². The molecule has 0 saturated carbocycles. The topological polar surface area (TPSA) is 119 Å². The van der Waals surface area contributed by atoms with Gasteiger partial charge in [0.2, 0.25) is 17.7 Å². The Morgan fingerprint density at radius 1 is 0.727 bits per heavy atom. The third-order valence-electron chi connectivity index (χ3n) is 5.59. The first-order valence-electron chi connectivity index (χ1n) is 10.9. The largest absolute Gasteiger partial charge is 0.361 e. The first-order valence-corrected chi connectivity index (χ1v) is 10.9. The maximum atomic E-state index is 13.2. The number of hydrogen-bond donors (Lipinski definition) is 5. The van der Waals surface area contributed by atoms with Gasteiger partial charge in [0.1, 0.15) is 12.2 Å². The Morgan fingerprint density at radius 3 is 1.79 bits per heavy atom. The van der Waals surface area contributed by atoms with E-state index in [0.717, 1.165) is 32.9 Å². The van der Waals surface area contributed by atoms with Crippen LogP contribution in [0.1, 0.15) is 25.0 Å². The van der Waals surface area contributed by atoms with Crippen molar-refractivity contribution in [1.82, 2.24) is 25.9 Å². The Hall–Kier alpha value is -4.07. The maximum absolute atomic E-state index is 13.2. The van der Waals surface area contributed by atoms with E-state index in [0.29, 0.717) is 12.8 Å². The molecule has 2 atom stereocenters. The number of rotatable bonds is 8. The Kier molecular flexibility index (Phi) is 6.44. The molecule has 2 aromatic carbocycles. The quantitative estimate of drug-likeness (QED) is 0.268. The Bertz CT molecular complexity index is 1310. The number of carbonyl (C=O) groups is 3. The predicted octanol–water partition coefficient (Wildman–Crippen LogP) is 2.52. The lowest BCUT2D eigenvalue weighted by Gasteiger charge is -2.24. The van der Waals surface area contributed by atoms with E-state index in [9.17, 15) is 14.4 Å². The normalized spacial score (nSPS) is 12.9. The molecule has 0 aliphatic heterocycles. The summed E-state index contributed by atoms with van der Waals surface area (Å²) in [5.41, 5.74) is 3.84. The fourth-order valence-electron chi connectivity index (χ4n) is 4.15. The van der Waals surface area contributed by atoms with Crippen LogP contribution < -0.4 is 16.0 Å². The lowest BCUT2D eigenvalue weighted by molar-refractivity contribution is -0.129. The van der Waals surface area contributed by atoms with E-state index >= 15 is 0 Å². The van der Waals surface area contributed by atoms with E-state index in [-0.39, 0.29) is 17.7 Å². The zero-order valence-electron chi connectivity index (χ0n) is 18.6. The van der Waals surface area contributed by atoms with Crippen LogP contribution in [0.15, 0.2) is 60.9 Å². The number of carbonyl (C=O) groups excluding carboxylic acids is 3. The number of benzene rings is 2. The lowest BCUT2D eigenvalue weighted by Crippen LogP contribution is -2.55. The molecule has 0 bridgehead atoms. The van der Waals surface area contributed by atoms with Gasteiger partial charge in [-0.15, -0.1) is 0 Å². The van der Waals surface area contributed by atoms with E-state index in [1.54, 1.807) is 0 Å². The highest BCUT2D eigenvalue weighted by atomic mass is 16.2. The van der Waals surface area contributed by atoms with Gasteiger partial charge in [-0.05, 0) is 23.3 Å². The number of fused-ring (bicyclic) bond motifs is 2. The number of H-pyrrole nitrogens is 2. The lowest BCUT2D eigenvalue weighted by atomic mass is 10.0. The standard InChI is InChI=1S/C25H27N5O3/c1-15(31)28-23(11-17-13-26-21-9-5-3-7-19(17)21)25(33)30-24(29-16(2)32)12-18-14-27-22-10-6-4-8-20(18)22/h3-10,13-14,23-24,26-27H,11-12H2,1-2H3,(H,28,31)(H,29,32)(H,30,33)/t23-,24+/m1/s1. The first kappa shape index (κ1) is 22.1. The van der Waals surface area contributed by atoms with Gasteiger partial charge in [-0.1, -0.05) is 36.4 Å². The Morgan fingerprint density at radius 2 is 1.24 bits per heavy atom. The average molecular weight is 446 g/mol. The summed E-state index contributed by atoms with van der Waals surface area (Å²) >= 11 is 0. The van der Waals surface area contributed by atoms with Crippen molar-refractivity contribution in [3.05, 3.63) is 72.1 Å². The molecular weight excluding hydrogens is 418 g/mol. The highest BCUT2D eigenvalue weighted by Crippen LogP contribution is 2.20. The molecule has 5 N–H and O–H groups in total. The smallest absolute Gasteiger partial charge is 0.244 e. The van der Waals surface area contributed by atoms with Crippen LogP contribution in [0.4, 0.5) is 0 Å². The van der Waals surface area contributed by atoms with Crippen LogP contribution in [0, 0.1) is 0 Å². The number of amides is 3. The van der Waals surface area contributed by atoms with Crippen molar-refractivity contribution in [3.63, 3.8) is 0 Å². The van der Waals surface area contributed by atoms with Crippen molar-refractivity contribution >= 4 is 39.5 Å². The van der Waals surface area contributed by atoms with Gasteiger partial charge in [0.05, 0.1) is 0 Å². The zero-order chi connectivity index (χ0) is 23.4. The van der Waals surface area contributed by atoms with E-state index in [1.807, 2.05) is 60.9 Å². The van der Waals surface area contributed by atoms with Crippen LogP contribution in [-0.4, -0.2) is 39.9 Å². The molecule has 0 spiro atoms. The minimum Gasteiger partial charge on any atom is -0.361 e. The van der Waals surface area contributed by atoms with Crippen LogP contribution in [0.2, 0.25) is 0 Å². The second kappa shape index (κ2) is 9.60. The molecule has 0 aliphatic rings. The second-order valence-corrected chi connectivity index (χ2v) is 8.14. The van der Waals surface area contributed by atoms with Crippen molar-refractivity contribution in [1.29, 1.82) is 0 Å². The number of para-hydroxylation sites is 2. The van der Waals surface area contributed by atoms with Gasteiger partial charge in [-0.25, -0.2) is 0 Å². The molecule has 0 aliphatic carbocycles. The summed E-state index contributed by atoms with van der Waals surface area (Å²) in [7, 11) is 0. The molecule has 0 saturated heterocycles. The molecule has 4 aromatic rings. The second-order valence-electron chi connectivity index (χ2n) is 8.14. The van der Waals surface area contributed by atoms with Crippen LogP contribution in [0.25, 0.3) is 21.8 Å². The number of hydrogen-bond acceptors (Lipinski definition) is 3. The molecule has 0 fully saturated rings. The fraction of sp³-hybridized carbons (Fsp3) is 0.240. The SMILES string of the molecule is CC(=O)N[C@H](Cc1c[nH]c2ccccc12)NC(=O)[C@@H](Cc1c[nH]c2ccccc12)NC(C)=O. The summed E-state index contributed by atoms with van der Waals surface area (Å²) in [6, 6.07) is 14.9. The fourth-order valence-corrected chi connectivity index (χ4v) is 4.15. The molecule has 3 amide bonds. The van der Waals surface area contributed by atoms with Crippen LogP contribution in [0.5, 0.6) is 0 Å². The van der Waals surface area contributed by atoms with Gasteiger partial charge < -0.3 is 25.9 Å². The molecule has 8 heteroatoms. The predicted molar refractivity (Wildman–Crippen MR) is 127 cm³/mol. The summed E-state index contributed by atoms with van der Waals surface area (Å²) in [5, 5.41) is 10.5. The molecule has 4 rings (SSSR count). The van der Waals surface area contributed by atoms with Crippen molar-refractivity contribution in [2.75, 3.05) is 0 Å². The summed E-state index contributed by atoms with van der Waals surface area (Å²) < 4.78 is 0. The average Bonchev–Trinajstić information content (AvgIpc) is 3.37. The van der Waals surface area contributed by atoms with Crippen LogP contribution >= 0.6 is 0 Å². The Labute approximate surface area is 191 Å². The van der Waals surface area contributed by atoms with Crippen molar-refractivity contribution in [3.8, 4) is 0 Å². The molecule has 0 radical (unpaired) electrons. The minimum absolute atomic E-state index is 0.257. The monoisotopic (exact) mass is 445 g/mol. The van der Waals surface area contributed by atoms with Gasteiger partial charge in [0.25, 0.3) is 0 Å². The minimum atomic E-state index is -0.791. The van der Waals surface area contributed by atoms with Crippen LogP contribution in [0.3, 0.4) is 0 Å². The highest BCUT2D eigenvalue weighted by Gasteiger charge is 2.25. The van der Waals surface area contributed by atoms with Gasteiger partial charge in [-0.2, -0.15) is 0 Å². The summed E-state index contributed by atoms with van der Waals surface area (Å²) in [6.07, 6.45) is 3.81.